The number of pyridine rings is 2. The molecule has 10 heteroatoms. The van der Waals surface area contributed by atoms with Crippen molar-refractivity contribution in [3.63, 3.8) is 0 Å². The number of nitrogens with one attached hydrogen (secondary N) is 1. The first kappa shape index (κ1) is 34.3. The van der Waals surface area contributed by atoms with Gasteiger partial charge in [0.05, 0.1) is 34.5 Å². The van der Waals surface area contributed by atoms with Crippen LogP contribution in [0.2, 0.25) is 0 Å². The molecule has 0 fully saturated rings. The third-order valence-electron chi connectivity index (χ3n) is 6.22. The molecule has 2 amide bonds. The van der Waals surface area contributed by atoms with Crippen molar-refractivity contribution >= 4 is 65.9 Å². The molecule has 0 radical (unpaired) electrons. The van der Waals surface area contributed by atoms with Gasteiger partial charge in [-0.15, -0.1) is 0 Å². The first-order valence-electron chi connectivity index (χ1n) is 14.0. The molecule has 2 aromatic heterocycles. The third-order valence-corrected chi connectivity index (χ3v) is 7.21. The van der Waals surface area contributed by atoms with Gasteiger partial charge in [0, 0.05) is 26.8 Å². The van der Waals surface area contributed by atoms with Gasteiger partial charge < -0.3 is 19.7 Å². The van der Waals surface area contributed by atoms with Crippen LogP contribution in [0.3, 0.4) is 0 Å². The van der Waals surface area contributed by atoms with E-state index in [1.165, 1.54) is 0 Å². The van der Waals surface area contributed by atoms with Gasteiger partial charge >= 0.3 is 12.2 Å². The molecule has 1 N–H and O–H groups in total. The lowest BCUT2D eigenvalue weighted by molar-refractivity contribution is 0.0230. The van der Waals surface area contributed by atoms with Crippen molar-refractivity contribution in [1.82, 2.24) is 20.2 Å². The zero-order valence-electron chi connectivity index (χ0n) is 26.2. The number of nitrogens with zero attached hydrogens (tertiary/aromatic N) is 3. The van der Waals surface area contributed by atoms with Crippen molar-refractivity contribution in [3.05, 3.63) is 81.0 Å². The summed E-state index contributed by atoms with van der Waals surface area (Å²) in [5.74, 6) is 0. The molecule has 2 aromatic carbocycles. The van der Waals surface area contributed by atoms with E-state index < -0.39 is 17.3 Å². The number of halogens is 2. The maximum Gasteiger partial charge on any atom is 0.410 e. The minimum Gasteiger partial charge on any atom is -0.444 e. The Kier molecular flexibility index (Phi) is 11.2. The molecule has 43 heavy (non-hydrogen) atoms. The van der Waals surface area contributed by atoms with Crippen molar-refractivity contribution in [2.75, 3.05) is 7.05 Å². The molecule has 0 unspecified atom stereocenters. The van der Waals surface area contributed by atoms with Crippen molar-refractivity contribution in [1.29, 1.82) is 0 Å². The minimum absolute atomic E-state index is 0.168. The summed E-state index contributed by atoms with van der Waals surface area (Å²) >= 11 is 6.89. The fourth-order valence-electron chi connectivity index (χ4n) is 3.93. The number of benzene rings is 2. The Morgan fingerprint density at radius 3 is 1.67 bits per heavy atom. The highest BCUT2D eigenvalue weighted by Crippen LogP contribution is 2.24. The fourth-order valence-corrected chi connectivity index (χ4v) is 4.63. The van der Waals surface area contributed by atoms with Crippen LogP contribution >= 0.6 is 31.9 Å². The number of aromatic nitrogens is 2. The number of carbonyl (C=O) groups is 2. The Labute approximate surface area is 270 Å². The number of hydrogen-bond acceptors (Lipinski definition) is 6. The van der Waals surface area contributed by atoms with Gasteiger partial charge in [-0.2, -0.15) is 0 Å². The molecule has 4 aromatic rings. The lowest BCUT2D eigenvalue weighted by Gasteiger charge is -2.28. The quantitative estimate of drug-likeness (QED) is 0.226. The molecule has 0 aliphatic carbocycles. The number of rotatable bonds is 4. The van der Waals surface area contributed by atoms with Gasteiger partial charge in [-0.3, -0.25) is 9.97 Å². The van der Waals surface area contributed by atoms with E-state index in [0.717, 1.165) is 42.1 Å². The lowest BCUT2D eigenvalue weighted by Crippen LogP contribution is -2.36. The number of amides is 2. The molecule has 0 aliphatic rings. The number of hydrogen-bond donors (Lipinski definition) is 1. The highest BCUT2D eigenvalue weighted by Gasteiger charge is 2.24. The molecule has 0 saturated carbocycles. The molecule has 4 rings (SSSR count). The zero-order chi connectivity index (χ0) is 32.1. The van der Waals surface area contributed by atoms with Gasteiger partial charge in [-0.05, 0) is 91.8 Å². The number of alkyl carbamates (subject to hydrolysis) is 1. The summed E-state index contributed by atoms with van der Waals surface area (Å²) in [4.78, 5) is 34.8. The van der Waals surface area contributed by atoms with Gasteiger partial charge in [0.25, 0.3) is 0 Å². The van der Waals surface area contributed by atoms with E-state index in [1.807, 2.05) is 116 Å². The predicted molar refractivity (Wildman–Crippen MR) is 179 cm³/mol. The smallest absolute Gasteiger partial charge is 0.410 e. The average Bonchev–Trinajstić information content (AvgIpc) is 2.89. The Morgan fingerprint density at radius 2 is 1.19 bits per heavy atom. The van der Waals surface area contributed by atoms with E-state index in [1.54, 1.807) is 11.9 Å². The summed E-state index contributed by atoms with van der Waals surface area (Å²) < 4.78 is 12.6. The van der Waals surface area contributed by atoms with Crippen LogP contribution in [0, 0.1) is 0 Å². The Morgan fingerprint density at radius 1 is 0.744 bits per heavy atom. The minimum atomic E-state index is -0.508. The van der Waals surface area contributed by atoms with E-state index in [0.29, 0.717) is 0 Å². The van der Waals surface area contributed by atoms with Crippen LogP contribution in [0.5, 0.6) is 0 Å². The van der Waals surface area contributed by atoms with Gasteiger partial charge in [0.15, 0.2) is 0 Å². The first-order chi connectivity index (χ1) is 19.9. The summed E-state index contributed by atoms with van der Waals surface area (Å²) in [6.45, 7) is 14.9. The van der Waals surface area contributed by atoms with Crippen molar-refractivity contribution < 1.29 is 19.1 Å². The highest BCUT2D eigenvalue weighted by atomic mass is 79.9. The summed E-state index contributed by atoms with van der Waals surface area (Å²) in [5.41, 5.74) is 2.40. The molecule has 0 bridgehead atoms. The van der Waals surface area contributed by atoms with Gasteiger partial charge in [0.2, 0.25) is 0 Å². The lowest BCUT2D eigenvalue weighted by atomic mass is 10.1. The molecular formula is C33H40Br2N4O4. The topological polar surface area (TPSA) is 93.6 Å². The standard InChI is InChI=1S/C17H21BrN2O2.C16H19BrN2O2/c1-11(20(5)16(21)22-17(2,3)4)14-9-7-12-6-8-13(18)10-15(12)19-14;1-10(18-15(20)21-16(2,3)4)13-8-6-11-5-7-12(17)9-14(11)19-13/h6-11H,1-5H3;5-10H,1-4H3,(H,18,20)/t11-;10-/m11/s1. The zero-order valence-corrected chi connectivity index (χ0v) is 29.3. The number of ether oxygens (including phenoxy) is 2. The Balaban J connectivity index is 0.000000236. The van der Waals surface area contributed by atoms with E-state index in [-0.39, 0.29) is 18.2 Å². The average molecular weight is 717 g/mol. The van der Waals surface area contributed by atoms with Crippen LogP contribution in [-0.4, -0.2) is 45.3 Å². The molecule has 2 atom stereocenters. The molecule has 0 saturated heterocycles. The fraction of sp³-hybridized carbons (Fsp3) is 0.394. The SMILES string of the molecule is C[C@@H](NC(=O)OC(C)(C)C)c1ccc2ccc(Br)cc2n1.C[C@H](c1ccc2ccc(Br)cc2n1)N(C)C(=O)OC(C)(C)C. The summed E-state index contributed by atoms with van der Waals surface area (Å²) in [6.07, 6.45) is -0.790. The Bertz CT molecular complexity index is 1600. The Hall–Kier alpha value is -3.24. The van der Waals surface area contributed by atoms with E-state index in [4.69, 9.17) is 9.47 Å². The van der Waals surface area contributed by atoms with Crippen molar-refractivity contribution in [2.45, 2.75) is 78.7 Å². The first-order valence-corrected chi connectivity index (χ1v) is 15.6. The van der Waals surface area contributed by atoms with Gasteiger partial charge in [0.1, 0.15) is 11.2 Å². The highest BCUT2D eigenvalue weighted by molar-refractivity contribution is 9.10. The largest absolute Gasteiger partial charge is 0.444 e. The molecule has 2 heterocycles. The molecule has 230 valence electrons. The summed E-state index contributed by atoms with van der Waals surface area (Å²) in [7, 11) is 1.73. The molecule has 0 aliphatic heterocycles. The second-order valence-corrected chi connectivity index (χ2v) is 14.1. The van der Waals surface area contributed by atoms with Crippen LogP contribution in [-0.2, 0) is 9.47 Å². The third kappa shape index (κ3) is 10.5. The van der Waals surface area contributed by atoms with E-state index in [9.17, 15) is 9.59 Å². The van der Waals surface area contributed by atoms with Gasteiger partial charge in [-0.25, -0.2) is 9.59 Å². The maximum atomic E-state index is 12.2. The monoisotopic (exact) mass is 714 g/mol. The van der Waals surface area contributed by atoms with Crippen LogP contribution in [0.15, 0.2) is 69.6 Å². The van der Waals surface area contributed by atoms with Crippen LogP contribution in [0.1, 0.15) is 78.9 Å². The molecular weight excluding hydrogens is 676 g/mol. The number of carbonyl (C=O) groups excluding carboxylic acids is 2. The van der Waals surface area contributed by atoms with Crippen LogP contribution < -0.4 is 5.32 Å². The van der Waals surface area contributed by atoms with Gasteiger partial charge in [-0.1, -0.05) is 56.1 Å². The summed E-state index contributed by atoms with van der Waals surface area (Å²) in [5, 5.41) is 4.93. The maximum absolute atomic E-state index is 12.2. The van der Waals surface area contributed by atoms with Crippen molar-refractivity contribution in [3.8, 4) is 0 Å². The summed E-state index contributed by atoms with van der Waals surface area (Å²) in [6, 6.07) is 19.4. The molecule has 0 spiro atoms. The van der Waals surface area contributed by atoms with E-state index in [2.05, 4.69) is 47.1 Å². The second-order valence-electron chi connectivity index (χ2n) is 12.3. The number of fused-ring (bicyclic) bond motifs is 2. The normalized spacial score (nSPS) is 13.0. The second kappa shape index (κ2) is 14.0. The van der Waals surface area contributed by atoms with Crippen LogP contribution in [0.4, 0.5) is 9.59 Å². The van der Waals surface area contributed by atoms with Crippen molar-refractivity contribution in [2.24, 2.45) is 0 Å². The predicted octanol–water partition coefficient (Wildman–Crippen LogP) is 9.51. The molecule has 8 nitrogen and oxygen atoms in total. The van der Waals surface area contributed by atoms with Crippen LogP contribution in [0.25, 0.3) is 21.8 Å². The van der Waals surface area contributed by atoms with E-state index >= 15 is 0 Å².